The average molecular weight is 589 g/mol. The van der Waals surface area contributed by atoms with Crippen LogP contribution < -0.4 is 10.6 Å². The fourth-order valence-electron chi connectivity index (χ4n) is 5.88. The van der Waals surface area contributed by atoms with Crippen molar-refractivity contribution in [3.05, 3.63) is 53.2 Å². The van der Waals surface area contributed by atoms with E-state index in [2.05, 4.69) is 35.7 Å². The van der Waals surface area contributed by atoms with Crippen LogP contribution in [-0.4, -0.2) is 86.0 Å². The minimum Gasteiger partial charge on any atom is -0.366 e. The second-order valence-corrected chi connectivity index (χ2v) is 11.6. The van der Waals surface area contributed by atoms with E-state index < -0.39 is 5.91 Å². The highest BCUT2D eigenvalue weighted by Crippen LogP contribution is 2.36. The van der Waals surface area contributed by atoms with Gasteiger partial charge in [0.1, 0.15) is 11.9 Å². The van der Waals surface area contributed by atoms with Crippen LogP contribution in [0.3, 0.4) is 0 Å². The summed E-state index contributed by atoms with van der Waals surface area (Å²) in [4.78, 5) is 43.9. The number of likely N-dealkylation sites (N-methyl/N-ethyl adjacent to an activating group) is 2. The van der Waals surface area contributed by atoms with Crippen molar-refractivity contribution in [2.75, 3.05) is 37.6 Å². The van der Waals surface area contributed by atoms with Gasteiger partial charge in [0, 0.05) is 43.0 Å². The molecule has 5 heterocycles. The fraction of sp³-hybridized carbons (Fsp3) is 0.452. The number of rotatable bonds is 12. The Morgan fingerprint density at radius 2 is 1.86 bits per heavy atom. The van der Waals surface area contributed by atoms with Crippen molar-refractivity contribution in [2.45, 2.75) is 59.5 Å². The summed E-state index contributed by atoms with van der Waals surface area (Å²) in [6, 6.07) is 7.55. The molecular formula is C31H40N8O2S. The third-order valence-electron chi connectivity index (χ3n) is 8.37. The molecule has 1 aliphatic rings. The van der Waals surface area contributed by atoms with Gasteiger partial charge in [0.2, 0.25) is 11.8 Å². The Morgan fingerprint density at radius 3 is 2.45 bits per heavy atom. The van der Waals surface area contributed by atoms with Gasteiger partial charge in [-0.25, -0.2) is 14.5 Å². The van der Waals surface area contributed by atoms with Gasteiger partial charge >= 0.3 is 0 Å². The Kier molecular flexibility index (Phi) is 8.88. The normalized spacial score (nSPS) is 15.7. The molecule has 2 amide bonds. The maximum Gasteiger partial charge on any atom is 0.249 e. The Labute approximate surface area is 251 Å². The zero-order valence-electron chi connectivity index (χ0n) is 25.1. The van der Waals surface area contributed by atoms with Crippen molar-refractivity contribution in [2.24, 2.45) is 5.73 Å². The van der Waals surface area contributed by atoms with Crippen molar-refractivity contribution in [3.63, 3.8) is 0 Å². The molecule has 0 saturated carbocycles. The summed E-state index contributed by atoms with van der Waals surface area (Å²) in [5, 5.41) is 6.55. The summed E-state index contributed by atoms with van der Waals surface area (Å²) < 4.78 is 1.71. The van der Waals surface area contributed by atoms with E-state index in [4.69, 9.17) is 15.7 Å². The number of amides is 2. The summed E-state index contributed by atoms with van der Waals surface area (Å²) in [7, 11) is 0. The molecule has 222 valence electrons. The first-order chi connectivity index (χ1) is 20.3. The average Bonchev–Trinajstić information content (AvgIpc) is 3.65. The second kappa shape index (κ2) is 12.6. The third-order valence-corrected chi connectivity index (χ3v) is 9.27. The molecule has 11 heteroatoms. The van der Waals surface area contributed by atoms with Gasteiger partial charge in [0.05, 0.1) is 28.0 Å². The number of hydrogen-bond donors (Lipinski definition) is 1. The number of pyridine rings is 1. The van der Waals surface area contributed by atoms with Crippen LogP contribution in [0.2, 0.25) is 0 Å². The van der Waals surface area contributed by atoms with Gasteiger partial charge in [-0.1, -0.05) is 19.9 Å². The summed E-state index contributed by atoms with van der Waals surface area (Å²) in [6.07, 6.45) is 4.93. The van der Waals surface area contributed by atoms with Gasteiger partial charge in [0.15, 0.2) is 5.65 Å². The molecule has 2 N–H and O–H groups in total. The van der Waals surface area contributed by atoms with Crippen LogP contribution in [0.4, 0.5) is 5.82 Å². The van der Waals surface area contributed by atoms with Crippen LogP contribution >= 0.6 is 11.3 Å². The lowest BCUT2D eigenvalue weighted by molar-refractivity contribution is -0.133. The van der Waals surface area contributed by atoms with E-state index in [1.54, 1.807) is 28.1 Å². The van der Waals surface area contributed by atoms with Crippen LogP contribution in [0.25, 0.3) is 27.5 Å². The highest BCUT2D eigenvalue weighted by Gasteiger charge is 2.39. The lowest BCUT2D eigenvalue weighted by Gasteiger charge is -2.44. The first kappa shape index (κ1) is 29.7. The number of hydrogen-bond acceptors (Lipinski definition) is 8. The van der Waals surface area contributed by atoms with E-state index in [-0.39, 0.29) is 18.0 Å². The Balaban J connectivity index is 1.66. The van der Waals surface area contributed by atoms with Crippen molar-refractivity contribution >= 4 is 34.6 Å². The smallest absolute Gasteiger partial charge is 0.249 e. The van der Waals surface area contributed by atoms with Crippen molar-refractivity contribution in [1.82, 2.24) is 29.4 Å². The zero-order valence-corrected chi connectivity index (χ0v) is 25.9. The Bertz CT molecular complexity index is 1560. The van der Waals surface area contributed by atoms with Gasteiger partial charge in [0.25, 0.3) is 0 Å². The summed E-state index contributed by atoms with van der Waals surface area (Å²) in [5.74, 6) is 0.211. The number of aromatic nitrogens is 4. The van der Waals surface area contributed by atoms with Gasteiger partial charge in [-0.15, -0.1) is 11.3 Å². The molecule has 10 nitrogen and oxygen atoms in total. The summed E-state index contributed by atoms with van der Waals surface area (Å²) in [6.45, 7) is 14.2. The largest absolute Gasteiger partial charge is 0.366 e. The first-order valence-corrected chi connectivity index (χ1v) is 15.7. The predicted octanol–water partition coefficient (Wildman–Crippen LogP) is 4.34. The molecule has 2 atom stereocenters. The molecule has 4 aromatic rings. The standard InChI is InChI=1S/C31H40N8O2S/c1-6-36(7-2)20(5)17-22-21(28(32)40)18-25(35-29(22)38-14-13-26(38)31(41)37(8-3)9-4)23-19-33-39-15-12-24(34-30(23)39)27-11-10-16-42-27/h10-12,15-16,18-20,26H,6-9,13-14,17H2,1-5H3,(H2,32,40)/t20-,26-/m0/s1. The van der Waals surface area contributed by atoms with Crippen molar-refractivity contribution < 1.29 is 9.59 Å². The monoisotopic (exact) mass is 588 g/mol. The number of carbonyl (C=O) groups is 2. The number of carbonyl (C=O) groups excluding carboxylic acids is 2. The molecule has 0 bridgehead atoms. The van der Waals surface area contributed by atoms with Gasteiger partial charge in [-0.3, -0.25) is 9.59 Å². The quantitative estimate of drug-likeness (QED) is 0.262. The molecule has 42 heavy (non-hydrogen) atoms. The van der Waals surface area contributed by atoms with Crippen LogP contribution in [0.5, 0.6) is 0 Å². The lowest BCUT2D eigenvalue weighted by atomic mass is 9.94. The third kappa shape index (κ3) is 5.50. The van der Waals surface area contributed by atoms with Crippen LogP contribution in [0.15, 0.2) is 42.0 Å². The molecule has 0 radical (unpaired) electrons. The minimum atomic E-state index is -0.516. The van der Waals surface area contributed by atoms with Gasteiger partial charge < -0.3 is 20.4 Å². The highest BCUT2D eigenvalue weighted by atomic mass is 32.1. The molecule has 0 aromatic carbocycles. The molecular weight excluding hydrogens is 548 g/mol. The lowest BCUT2D eigenvalue weighted by Crippen LogP contribution is -2.58. The van der Waals surface area contributed by atoms with Crippen LogP contribution in [0, 0.1) is 0 Å². The topological polar surface area (TPSA) is 113 Å². The number of nitrogens with zero attached hydrogens (tertiary/aromatic N) is 7. The van der Waals surface area contributed by atoms with Gasteiger partial charge in [-0.05, 0) is 70.3 Å². The van der Waals surface area contributed by atoms with Crippen LogP contribution in [-0.2, 0) is 11.2 Å². The van der Waals surface area contributed by atoms with Crippen LogP contribution in [0.1, 0.15) is 57.0 Å². The van der Waals surface area contributed by atoms with E-state index in [0.29, 0.717) is 54.3 Å². The molecule has 0 unspecified atom stereocenters. The number of primary amides is 1. The van der Waals surface area contributed by atoms with E-state index in [9.17, 15) is 9.59 Å². The SMILES string of the molecule is CCN(CC)C(=O)[C@@H]1CCN1c1nc(-c2cnn3ccc(-c4cccs4)nc23)cc(C(N)=O)c1C[C@H](C)N(CC)CC. The molecule has 5 rings (SSSR count). The number of anilines is 1. The summed E-state index contributed by atoms with van der Waals surface area (Å²) in [5.41, 5.74) is 10.0. The number of fused-ring (bicyclic) bond motifs is 1. The molecule has 1 aliphatic heterocycles. The predicted molar refractivity (Wildman–Crippen MR) is 168 cm³/mol. The minimum absolute atomic E-state index is 0.0834. The van der Waals surface area contributed by atoms with E-state index in [1.807, 2.05) is 48.5 Å². The molecule has 0 spiro atoms. The van der Waals surface area contributed by atoms with Gasteiger partial charge in [-0.2, -0.15) is 5.10 Å². The van der Waals surface area contributed by atoms with E-state index in [1.165, 1.54) is 0 Å². The zero-order chi connectivity index (χ0) is 30.0. The fourth-order valence-corrected chi connectivity index (χ4v) is 6.58. The van der Waals surface area contributed by atoms with Crippen molar-refractivity contribution in [3.8, 4) is 21.8 Å². The second-order valence-electron chi connectivity index (χ2n) is 10.6. The number of nitrogens with two attached hydrogens (primary N) is 1. The van der Waals surface area contributed by atoms with E-state index in [0.717, 1.165) is 35.6 Å². The maximum absolute atomic E-state index is 13.5. The Morgan fingerprint density at radius 1 is 1.10 bits per heavy atom. The molecule has 4 aromatic heterocycles. The maximum atomic E-state index is 13.5. The highest BCUT2D eigenvalue weighted by molar-refractivity contribution is 7.13. The van der Waals surface area contributed by atoms with E-state index >= 15 is 0 Å². The molecule has 1 saturated heterocycles. The first-order valence-electron chi connectivity index (χ1n) is 14.8. The molecule has 1 fully saturated rings. The summed E-state index contributed by atoms with van der Waals surface area (Å²) >= 11 is 1.62. The number of thiophene rings is 1. The molecule has 0 aliphatic carbocycles. The van der Waals surface area contributed by atoms with Crippen molar-refractivity contribution in [1.29, 1.82) is 0 Å². The Hall–Kier alpha value is -3.83.